The molecule has 26 heavy (non-hydrogen) atoms. The van der Waals surface area contributed by atoms with Gasteiger partial charge in [-0.25, -0.2) is 0 Å². The Morgan fingerprint density at radius 3 is 2.50 bits per heavy atom. The fourth-order valence-electron chi connectivity index (χ4n) is 2.45. The van der Waals surface area contributed by atoms with Crippen LogP contribution in [0.5, 0.6) is 0 Å². The molecule has 0 bridgehead atoms. The van der Waals surface area contributed by atoms with Crippen molar-refractivity contribution in [2.24, 2.45) is 0 Å². The van der Waals surface area contributed by atoms with Crippen molar-refractivity contribution in [2.75, 3.05) is 5.32 Å². The molecule has 0 aliphatic carbocycles. The Morgan fingerprint density at radius 2 is 1.85 bits per heavy atom. The van der Waals surface area contributed by atoms with Gasteiger partial charge in [0.15, 0.2) is 0 Å². The van der Waals surface area contributed by atoms with E-state index in [9.17, 15) is 14.4 Å². The summed E-state index contributed by atoms with van der Waals surface area (Å²) in [6.07, 6.45) is 1.66. The highest BCUT2D eigenvalue weighted by atomic mass is 35.5. The van der Waals surface area contributed by atoms with Crippen LogP contribution in [0.4, 0.5) is 10.5 Å². The van der Waals surface area contributed by atoms with Gasteiger partial charge >= 0.3 is 0 Å². The quantitative estimate of drug-likeness (QED) is 0.783. The number of benzene rings is 2. The Labute approximate surface area is 160 Å². The summed E-state index contributed by atoms with van der Waals surface area (Å²) < 4.78 is 0. The number of thioether (sulfide) groups is 1. The molecule has 0 atom stereocenters. The zero-order valence-electron chi connectivity index (χ0n) is 13.9. The Bertz CT molecular complexity index is 909. The topological polar surface area (TPSA) is 66.5 Å². The van der Waals surface area contributed by atoms with Gasteiger partial charge < -0.3 is 5.32 Å². The second-order valence-electron chi connectivity index (χ2n) is 5.66. The molecular formula is C19H15ClN2O3S. The number of halogens is 1. The zero-order valence-corrected chi connectivity index (χ0v) is 15.4. The summed E-state index contributed by atoms with van der Waals surface area (Å²) in [5.74, 6) is -0.496. The van der Waals surface area contributed by atoms with Crippen LogP contribution in [-0.4, -0.2) is 22.0 Å². The normalized spacial score (nSPS) is 15.6. The maximum absolute atomic E-state index is 12.6. The number of carbonyl (C=O) groups is 3. The molecule has 1 aliphatic rings. The Morgan fingerprint density at radius 1 is 1.15 bits per heavy atom. The summed E-state index contributed by atoms with van der Waals surface area (Å²) in [5.41, 5.74) is 2.15. The number of rotatable bonds is 4. The van der Waals surface area contributed by atoms with E-state index in [0.29, 0.717) is 15.6 Å². The molecule has 7 heteroatoms. The summed E-state index contributed by atoms with van der Waals surface area (Å²) in [5, 5.41) is 2.87. The summed E-state index contributed by atoms with van der Waals surface area (Å²) in [6, 6.07) is 14.1. The van der Waals surface area contributed by atoms with Gasteiger partial charge in [0.1, 0.15) is 0 Å². The van der Waals surface area contributed by atoms with Gasteiger partial charge in [-0.3, -0.25) is 19.3 Å². The van der Waals surface area contributed by atoms with Crippen molar-refractivity contribution in [1.82, 2.24) is 4.90 Å². The molecule has 0 spiro atoms. The molecule has 0 radical (unpaired) electrons. The number of carbonyl (C=O) groups excluding carboxylic acids is 3. The Kier molecular flexibility index (Phi) is 5.44. The first kappa shape index (κ1) is 18.2. The van der Waals surface area contributed by atoms with Crippen LogP contribution in [0.3, 0.4) is 0 Å². The molecule has 0 aromatic heterocycles. The van der Waals surface area contributed by atoms with E-state index in [0.717, 1.165) is 22.9 Å². The van der Waals surface area contributed by atoms with Crippen molar-refractivity contribution in [2.45, 2.75) is 13.5 Å². The minimum atomic E-state index is -0.342. The molecule has 1 saturated heterocycles. The van der Waals surface area contributed by atoms with Gasteiger partial charge in [0.2, 0.25) is 5.91 Å². The number of amides is 3. The van der Waals surface area contributed by atoms with Crippen LogP contribution in [0.1, 0.15) is 18.1 Å². The van der Waals surface area contributed by atoms with Crippen molar-refractivity contribution in [3.63, 3.8) is 0 Å². The number of imide groups is 1. The molecule has 1 fully saturated rings. The summed E-state index contributed by atoms with van der Waals surface area (Å²) in [7, 11) is 0. The van der Waals surface area contributed by atoms with E-state index in [1.807, 2.05) is 6.07 Å². The van der Waals surface area contributed by atoms with Crippen LogP contribution >= 0.6 is 23.4 Å². The van der Waals surface area contributed by atoms with Crippen LogP contribution in [0.15, 0.2) is 53.4 Å². The number of nitrogens with one attached hydrogen (secondary N) is 1. The smallest absolute Gasteiger partial charge is 0.293 e. The lowest BCUT2D eigenvalue weighted by Crippen LogP contribution is -2.27. The zero-order chi connectivity index (χ0) is 18.7. The van der Waals surface area contributed by atoms with Gasteiger partial charge in [0.05, 0.1) is 11.4 Å². The van der Waals surface area contributed by atoms with Gasteiger partial charge in [-0.2, -0.15) is 0 Å². The third kappa shape index (κ3) is 4.15. The van der Waals surface area contributed by atoms with E-state index in [4.69, 9.17) is 11.6 Å². The standard InChI is InChI=1S/C19H15ClN2O3S/c1-12(23)21-15-8-6-13(7-9-15)10-17-18(24)22(19(25)26-17)11-14-4-2-3-5-16(14)20/h2-10H,11H2,1H3,(H,21,23)/b17-10+. The molecule has 1 heterocycles. The van der Waals surface area contributed by atoms with Gasteiger partial charge in [-0.15, -0.1) is 0 Å². The number of hydrogen-bond donors (Lipinski definition) is 1. The summed E-state index contributed by atoms with van der Waals surface area (Å²) in [6.45, 7) is 1.58. The number of anilines is 1. The Hall–Kier alpha value is -2.57. The summed E-state index contributed by atoms with van der Waals surface area (Å²) >= 11 is 7.02. The van der Waals surface area contributed by atoms with E-state index in [1.165, 1.54) is 11.8 Å². The predicted octanol–water partition coefficient (Wildman–Crippen LogP) is 4.53. The maximum Gasteiger partial charge on any atom is 0.293 e. The molecule has 0 saturated carbocycles. The first-order chi connectivity index (χ1) is 12.4. The van der Waals surface area contributed by atoms with E-state index in [1.54, 1.807) is 48.5 Å². The molecule has 1 N–H and O–H groups in total. The molecule has 3 rings (SSSR count). The van der Waals surface area contributed by atoms with E-state index >= 15 is 0 Å². The second-order valence-corrected chi connectivity index (χ2v) is 7.06. The van der Waals surface area contributed by atoms with Crippen molar-refractivity contribution in [1.29, 1.82) is 0 Å². The number of hydrogen-bond acceptors (Lipinski definition) is 4. The average molecular weight is 387 g/mol. The van der Waals surface area contributed by atoms with Gasteiger partial charge in [0, 0.05) is 17.6 Å². The molecule has 3 amide bonds. The molecular weight excluding hydrogens is 372 g/mol. The lowest BCUT2D eigenvalue weighted by molar-refractivity contribution is -0.123. The SMILES string of the molecule is CC(=O)Nc1ccc(/C=C2/SC(=O)N(Cc3ccccc3Cl)C2=O)cc1. The third-order valence-corrected chi connectivity index (χ3v) is 4.96. The van der Waals surface area contributed by atoms with Crippen LogP contribution in [0, 0.1) is 0 Å². The lowest BCUT2D eigenvalue weighted by atomic mass is 10.2. The predicted molar refractivity (Wildman–Crippen MR) is 104 cm³/mol. The maximum atomic E-state index is 12.6. The summed E-state index contributed by atoms with van der Waals surface area (Å²) in [4.78, 5) is 37.4. The highest BCUT2D eigenvalue weighted by Crippen LogP contribution is 2.34. The lowest BCUT2D eigenvalue weighted by Gasteiger charge is -2.13. The molecule has 132 valence electrons. The third-order valence-electron chi connectivity index (χ3n) is 3.69. The van der Waals surface area contributed by atoms with E-state index in [2.05, 4.69) is 5.32 Å². The largest absolute Gasteiger partial charge is 0.326 e. The minimum Gasteiger partial charge on any atom is -0.326 e. The van der Waals surface area contributed by atoms with Gasteiger partial charge in [-0.1, -0.05) is 41.9 Å². The van der Waals surface area contributed by atoms with Gasteiger partial charge in [0.25, 0.3) is 11.1 Å². The van der Waals surface area contributed by atoms with E-state index in [-0.39, 0.29) is 23.6 Å². The van der Waals surface area contributed by atoms with Crippen LogP contribution in [0.2, 0.25) is 5.02 Å². The van der Waals surface area contributed by atoms with Crippen molar-refractivity contribution < 1.29 is 14.4 Å². The van der Waals surface area contributed by atoms with E-state index < -0.39 is 0 Å². The molecule has 0 unspecified atom stereocenters. The monoisotopic (exact) mass is 386 g/mol. The van der Waals surface area contributed by atoms with Crippen molar-refractivity contribution in [3.05, 3.63) is 69.6 Å². The van der Waals surface area contributed by atoms with Crippen LogP contribution in [-0.2, 0) is 16.1 Å². The molecule has 2 aromatic rings. The second kappa shape index (κ2) is 7.76. The van der Waals surface area contributed by atoms with Gasteiger partial charge in [-0.05, 0) is 47.2 Å². The molecule has 1 aliphatic heterocycles. The minimum absolute atomic E-state index is 0.142. The fraction of sp³-hybridized carbons (Fsp3) is 0.105. The fourth-order valence-corrected chi connectivity index (χ4v) is 3.48. The first-order valence-electron chi connectivity index (χ1n) is 7.80. The Balaban J connectivity index is 1.76. The first-order valence-corrected chi connectivity index (χ1v) is 9.00. The van der Waals surface area contributed by atoms with Crippen molar-refractivity contribution in [3.8, 4) is 0 Å². The molecule has 5 nitrogen and oxygen atoms in total. The van der Waals surface area contributed by atoms with Crippen molar-refractivity contribution >= 4 is 52.2 Å². The number of nitrogens with zero attached hydrogens (tertiary/aromatic N) is 1. The molecule has 2 aromatic carbocycles. The highest BCUT2D eigenvalue weighted by molar-refractivity contribution is 8.18. The van der Waals surface area contributed by atoms with Crippen LogP contribution < -0.4 is 5.32 Å². The highest BCUT2D eigenvalue weighted by Gasteiger charge is 2.35. The van der Waals surface area contributed by atoms with Crippen LogP contribution in [0.25, 0.3) is 6.08 Å². The average Bonchev–Trinajstić information content (AvgIpc) is 2.85.